The molecule has 1 amide bonds. The summed E-state index contributed by atoms with van der Waals surface area (Å²) in [6, 6.07) is 9.47. The molecule has 198 valence electrons. The number of nitriles is 1. The number of benzene rings is 2. The highest BCUT2D eigenvalue weighted by Gasteiger charge is 2.48. The van der Waals surface area contributed by atoms with Gasteiger partial charge in [0.05, 0.1) is 17.0 Å². The molecule has 3 rings (SSSR count). The lowest BCUT2D eigenvalue weighted by molar-refractivity contribution is -0.161. The molecule has 36 heavy (non-hydrogen) atoms. The van der Waals surface area contributed by atoms with Crippen molar-refractivity contribution in [3.63, 3.8) is 0 Å². The molecule has 0 aromatic heterocycles. The molecular formula is C25H31F4N3O3S. The van der Waals surface area contributed by atoms with Crippen molar-refractivity contribution in [1.82, 2.24) is 10.6 Å². The van der Waals surface area contributed by atoms with Crippen LogP contribution in [0.15, 0.2) is 53.4 Å². The minimum Gasteiger partial charge on any atom is -0.336 e. The maximum Gasteiger partial charge on any atom is 0.407 e. The van der Waals surface area contributed by atoms with Gasteiger partial charge in [0.25, 0.3) is 0 Å². The number of carbonyl (C=O) groups excluding carboxylic acids is 1. The Morgan fingerprint density at radius 1 is 1.06 bits per heavy atom. The van der Waals surface area contributed by atoms with Crippen LogP contribution in [0.2, 0.25) is 0 Å². The number of alkyl halides is 4. The fraction of sp³-hybridized carbons (Fsp3) is 0.440. The van der Waals surface area contributed by atoms with Crippen LogP contribution in [-0.4, -0.2) is 44.0 Å². The summed E-state index contributed by atoms with van der Waals surface area (Å²) in [6.45, 7) is 2.33. The van der Waals surface area contributed by atoms with Crippen molar-refractivity contribution in [2.24, 2.45) is 0 Å². The lowest BCUT2D eigenvalue weighted by Crippen LogP contribution is -2.53. The zero-order valence-electron chi connectivity index (χ0n) is 20.0. The fourth-order valence-corrected chi connectivity index (χ4v) is 4.40. The van der Waals surface area contributed by atoms with Crippen molar-refractivity contribution < 1.29 is 33.6 Å². The topological polar surface area (TPSA) is 99.1 Å². The summed E-state index contributed by atoms with van der Waals surface area (Å²) in [5.74, 6) is -0.864. The van der Waals surface area contributed by atoms with E-state index in [1.54, 1.807) is 12.1 Å². The minimum absolute atomic E-state index is 0. The number of amides is 1. The summed E-state index contributed by atoms with van der Waals surface area (Å²) in [5, 5.41) is 13.9. The lowest BCUT2D eigenvalue weighted by atomic mass is 9.96. The molecule has 2 aromatic rings. The van der Waals surface area contributed by atoms with Crippen molar-refractivity contribution in [1.29, 1.82) is 5.26 Å². The van der Waals surface area contributed by atoms with Crippen molar-refractivity contribution in [2.75, 3.05) is 6.26 Å². The number of rotatable bonds is 9. The molecule has 11 heteroatoms. The van der Waals surface area contributed by atoms with E-state index in [1.807, 2.05) is 6.07 Å². The van der Waals surface area contributed by atoms with E-state index in [-0.39, 0.29) is 13.3 Å². The molecule has 2 atom stereocenters. The predicted octanol–water partition coefficient (Wildman–Crippen LogP) is 5.12. The van der Waals surface area contributed by atoms with Gasteiger partial charge in [0.15, 0.2) is 9.84 Å². The van der Waals surface area contributed by atoms with Gasteiger partial charge < -0.3 is 5.32 Å². The van der Waals surface area contributed by atoms with Crippen molar-refractivity contribution in [3.8, 4) is 17.2 Å². The van der Waals surface area contributed by atoms with Gasteiger partial charge in [0.2, 0.25) is 5.91 Å². The summed E-state index contributed by atoms with van der Waals surface area (Å²) in [5.41, 5.74) is -2.08. The molecular weight excluding hydrogens is 498 g/mol. The van der Waals surface area contributed by atoms with Crippen LogP contribution in [-0.2, 0) is 14.6 Å². The molecule has 0 bridgehead atoms. The van der Waals surface area contributed by atoms with Crippen LogP contribution in [0.4, 0.5) is 17.6 Å². The molecule has 1 fully saturated rings. The SMILES string of the molecule is CC(C)(F)C[C@H](N[C@@H](c1ccc(-c2ccc(S(C)(=O)=O)cc2)cc1)C(F)(F)F)C(=O)NC1(C#N)CC1.[HH].[HH]. The smallest absolute Gasteiger partial charge is 0.336 e. The zero-order valence-corrected chi connectivity index (χ0v) is 20.8. The molecule has 2 N–H and O–H groups in total. The molecule has 0 saturated heterocycles. The number of sulfone groups is 1. The molecule has 0 radical (unpaired) electrons. The third-order valence-electron chi connectivity index (χ3n) is 5.89. The largest absolute Gasteiger partial charge is 0.407 e. The second-order valence-corrected chi connectivity index (χ2v) is 11.7. The molecule has 0 heterocycles. The van der Waals surface area contributed by atoms with Crippen molar-refractivity contribution in [3.05, 3.63) is 54.1 Å². The third-order valence-corrected chi connectivity index (χ3v) is 7.02. The Bertz CT molecular complexity index is 1250. The van der Waals surface area contributed by atoms with Crippen LogP contribution in [0.1, 0.15) is 47.6 Å². The first-order chi connectivity index (χ1) is 16.5. The average Bonchev–Trinajstić information content (AvgIpc) is 3.54. The average molecular weight is 530 g/mol. The Balaban J connectivity index is 0.00000361. The van der Waals surface area contributed by atoms with Gasteiger partial charge in [-0.3, -0.25) is 10.1 Å². The first-order valence-corrected chi connectivity index (χ1v) is 13.1. The monoisotopic (exact) mass is 529 g/mol. The number of nitrogens with zero attached hydrogens (tertiary/aromatic N) is 1. The van der Waals surface area contributed by atoms with Crippen LogP contribution in [0.5, 0.6) is 0 Å². The van der Waals surface area contributed by atoms with Crippen LogP contribution < -0.4 is 10.6 Å². The number of nitrogens with one attached hydrogen (secondary N) is 2. The van der Waals surface area contributed by atoms with Gasteiger partial charge in [-0.1, -0.05) is 36.4 Å². The van der Waals surface area contributed by atoms with Crippen LogP contribution in [0.25, 0.3) is 11.1 Å². The quantitative estimate of drug-likeness (QED) is 0.439. The van der Waals surface area contributed by atoms with E-state index >= 15 is 0 Å². The molecule has 0 aliphatic heterocycles. The maximum absolute atomic E-state index is 14.4. The standard InChI is InChI=1S/C25H27F4N3O3S.2H2/c1-23(2,26)14-20(22(33)32-24(15-30)12-13-24)31-21(25(27,28)29)18-6-4-16(5-7-18)17-8-10-19(11-9-17)36(3,34)35;;/h4-11,20-21,31H,12-14H2,1-3H3,(H,32,33);2*1H/t20-,21-;;/m0../s1. The van der Waals surface area contributed by atoms with Gasteiger partial charge in [-0.05, 0) is 55.5 Å². The number of hydrogen-bond donors (Lipinski definition) is 2. The Morgan fingerprint density at radius 3 is 1.94 bits per heavy atom. The number of halogens is 4. The molecule has 6 nitrogen and oxygen atoms in total. The summed E-state index contributed by atoms with van der Waals surface area (Å²) in [7, 11) is -3.39. The van der Waals surface area contributed by atoms with E-state index in [0.29, 0.717) is 24.0 Å². The van der Waals surface area contributed by atoms with E-state index in [0.717, 1.165) is 6.26 Å². The second-order valence-electron chi connectivity index (χ2n) is 9.72. The minimum atomic E-state index is -4.80. The maximum atomic E-state index is 14.4. The fourth-order valence-electron chi connectivity index (χ4n) is 3.77. The number of carbonyl (C=O) groups is 1. The highest BCUT2D eigenvalue weighted by atomic mass is 32.2. The first kappa shape index (κ1) is 27.6. The van der Waals surface area contributed by atoms with Crippen LogP contribution >= 0.6 is 0 Å². The molecule has 2 aromatic carbocycles. The molecule has 0 unspecified atom stereocenters. The summed E-state index contributed by atoms with van der Waals surface area (Å²) in [4.78, 5) is 12.9. The van der Waals surface area contributed by atoms with Gasteiger partial charge in [0, 0.05) is 15.5 Å². The van der Waals surface area contributed by atoms with E-state index < -0.39 is 51.6 Å². The van der Waals surface area contributed by atoms with Crippen LogP contribution in [0, 0.1) is 11.3 Å². The Kier molecular flexibility index (Phi) is 7.54. The van der Waals surface area contributed by atoms with Crippen molar-refractivity contribution >= 4 is 15.7 Å². The van der Waals surface area contributed by atoms with E-state index in [2.05, 4.69) is 10.6 Å². The van der Waals surface area contributed by atoms with Gasteiger partial charge in [0.1, 0.15) is 17.2 Å². The molecule has 1 aliphatic rings. The van der Waals surface area contributed by atoms with Gasteiger partial charge in [-0.2, -0.15) is 18.4 Å². The van der Waals surface area contributed by atoms with E-state index in [4.69, 9.17) is 0 Å². The first-order valence-electron chi connectivity index (χ1n) is 11.2. The number of hydrogen-bond acceptors (Lipinski definition) is 5. The normalized spacial score (nSPS) is 17.1. The third kappa shape index (κ3) is 7.04. The highest BCUT2D eigenvalue weighted by Crippen LogP contribution is 2.37. The van der Waals surface area contributed by atoms with Crippen molar-refractivity contribution in [2.45, 2.75) is 67.5 Å². The molecule has 1 saturated carbocycles. The predicted molar refractivity (Wildman–Crippen MR) is 130 cm³/mol. The summed E-state index contributed by atoms with van der Waals surface area (Å²) >= 11 is 0. The zero-order chi connectivity index (χ0) is 26.9. The highest BCUT2D eigenvalue weighted by molar-refractivity contribution is 7.90. The van der Waals surface area contributed by atoms with Gasteiger partial charge in [-0.25, -0.2) is 12.8 Å². The summed E-state index contributed by atoms with van der Waals surface area (Å²) in [6.07, 6.45) is -3.49. The lowest BCUT2D eigenvalue weighted by Gasteiger charge is -2.30. The van der Waals surface area contributed by atoms with E-state index in [1.165, 1.54) is 50.2 Å². The Hall–Kier alpha value is -2.97. The molecule has 1 aliphatic carbocycles. The second kappa shape index (κ2) is 9.82. The molecule has 0 spiro atoms. The van der Waals surface area contributed by atoms with E-state index in [9.17, 15) is 36.0 Å². The van der Waals surface area contributed by atoms with Gasteiger partial charge in [-0.15, -0.1) is 0 Å². The Morgan fingerprint density at radius 2 is 1.56 bits per heavy atom. The van der Waals surface area contributed by atoms with Crippen LogP contribution in [0.3, 0.4) is 0 Å². The Labute approximate surface area is 210 Å². The van der Waals surface area contributed by atoms with Gasteiger partial charge >= 0.3 is 6.18 Å². The summed E-state index contributed by atoms with van der Waals surface area (Å²) < 4.78 is 79.9.